The van der Waals surface area contributed by atoms with Crippen LogP contribution in [0, 0.1) is 5.92 Å². The quantitative estimate of drug-likeness (QED) is 0.720. The summed E-state index contributed by atoms with van der Waals surface area (Å²) in [5.74, 6) is -1.13. The molecule has 1 aliphatic rings. The van der Waals surface area contributed by atoms with Gasteiger partial charge in [0.1, 0.15) is 5.75 Å². The van der Waals surface area contributed by atoms with Crippen molar-refractivity contribution in [3.05, 3.63) is 54.4 Å². The Morgan fingerprint density at radius 1 is 1.23 bits per heavy atom. The molecule has 1 saturated heterocycles. The summed E-state index contributed by atoms with van der Waals surface area (Å²) in [5.41, 5.74) is 0.858. The third kappa shape index (κ3) is 5.95. The summed E-state index contributed by atoms with van der Waals surface area (Å²) < 4.78 is 67.9. The van der Waals surface area contributed by atoms with Gasteiger partial charge in [-0.1, -0.05) is 12.1 Å². The molecule has 1 fully saturated rings. The lowest BCUT2D eigenvalue weighted by atomic mass is 9.96. The second kappa shape index (κ2) is 9.23. The van der Waals surface area contributed by atoms with Crippen LogP contribution < -0.4 is 10.1 Å². The molecule has 1 aromatic carbocycles. The molecule has 1 aliphatic heterocycles. The highest BCUT2D eigenvalue weighted by Crippen LogP contribution is 2.29. The third-order valence-electron chi connectivity index (χ3n) is 5.04. The van der Waals surface area contributed by atoms with E-state index in [0.29, 0.717) is 12.8 Å². The first-order valence-electron chi connectivity index (χ1n) is 9.62. The molecule has 168 valence electrons. The molecule has 0 unspecified atom stereocenters. The van der Waals surface area contributed by atoms with Crippen molar-refractivity contribution in [3.63, 3.8) is 0 Å². The number of aromatic nitrogens is 1. The van der Waals surface area contributed by atoms with E-state index in [1.165, 1.54) is 16.4 Å². The van der Waals surface area contributed by atoms with Gasteiger partial charge in [-0.3, -0.25) is 9.78 Å². The van der Waals surface area contributed by atoms with E-state index in [4.69, 9.17) is 0 Å². The minimum absolute atomic E-state index is 0.0893. The van der Waals surface area contributed by atoms with Gasteiger partial charge in [0.2, 0.25) is 15.9 Å². The van der Waals surface area contributed by atoms with E-state index < -0.39 is 22.1 Å². The highest BCUT2D eigenvalue weighted by atomic mass is 32.2. The largest absolute Gasteiger partial charge is 0.573 e. The molecule has 0 aliphatic carbocycles. The minimum atomic E-state index is -4.92. The molecule has 11 heteroatoms. The first-order valence-corrected chi connectivity index (χ1v) is 11.1. The molecule has 1 amide bonds. The Kier molecular flexibility index (Phi) is 6.85. The number of sulfonamides is 1. The minimum Gasteiger partial charge on any atom is -0.406 e. The normalized spacial score (nSPS) is 17.2. The highest BCUT2D eigenvalue weighted by Gasteiger charge is 2.34. The average molecular weight is 457 g/mol. The number of carbonyl (C=O) groups is 1. The molecular formula is C20H22F3N3O4S. The Bertz CT molecular complexity index is 1010. The summed E-state index contributed by atoms with van der Waals surface area (Å²) in [7, 11) is -4.01. The fourth-order valence-electron chi connectivity index (χ4n) is 3.39. The lowest BCUT2D eigenvalue weighted by Crippen LogP contribution is -2.43. The average Bonchev–Trinajstić information content (AvgIpc) is 2.73. The number of ether oxygens (including phenoxy) is 1. The summed E-state index contributed by atoms with van der Waals surface area (Å²) in [6.07, 6.45) is -0.996. The summed E-state index contributed by atoms with van der Waals surface area (Å²) in [6, 6.07) is 7.67. The van der Waals surface area contributed by atoms with Crippen LogP contribution in [0.4, 0.5) is 13.2 Å². The predicted octanol–water partition coefficient (Wildman–Crippen LogP) is 3.26. The van der Waals surface area contributed by atoms with E-state index in [1.54, 1.807) is 18.5 Å². The monoisotopic (exact) mass is 457 g/mol. The van der Waals surface area contributed by atoms with Crippen LogP contribution in [0.3, 0.4) is 0 Å². The molecule has 7 nitrogen and oxygen atoms in total. The number of piperidine rings is 1. The Balaban J connectivity index is 1.61. The van der Waals surface area contributed by atoms with Crippen LogP contribution in [-0.2, 0) is 14.8 Å². The van der Waals surface area contributed by atoms with Gasteiger partial charge in [-0.2, -0.15) is 4.31 Å². The topological polar surface area (TPSA) is 88.6 Å². The van der Waals surface area contributed by atoms with Crippen LogP contribution in [0.2, 0.25) is 0 Å². The summed E-state index contributed by atoms with van der Waals surface area (Å²) in [5, 5.41) is 2.91. The van der Waals surface area contributed by atoms with Crippen LogP contribution in [0.15, 0.2) is 53.7 Å². The first-order chi connectivity index (χ1) is 14.6. The maximum atomic E-state index is 12.8. The zero-order valence-electron chi connectivity index (χ0n) is 16.7. The summed E-state index contributed by atoms with van der Waals surface area (Å²) >= 11 is 0. The number of alkyl halides is 3. The van der Waals surface area contributed by atoms with Crippen LogP contribution in [-0.4, -0.2) is 43.1 Å². The maximum absolute atomic E-state index is 12.8. The van der Waals surface area contributed by atoms with Gasteiger partial charge in [0.05, 0.1) is 10.9 Å². The standard InChI is InChI=1S/C20H22F3N3O4S/c1-14(16-4-3-9-24-13-16)25-19(27)15-7-10-26(11-8-15)31(28,29)18-6-2-5-17(12-18)30-20(21,22)23/h2-6,9,12-15H,7-8,10-11H2,1H3,(H,25,27)/t14-/m0/s1. The van der Waals surface area contributed by atoms with E-state index in [0.717, 1.165) is 17.7 Å². The van der Waals surface area contributed by atoms with Crippen molar-refractivity contribution in [2.45, 2.75) is 37.1 Å². The van der Waals surface area contributed by atoms with Gasteiger partial charge in [-0.25, -0.2) is 8.42 Å². The van der Waals surface area contributed by atoms with E-state index in [-0.39, 0.29) is 35.9 Å². The zero-order chi connectivity index (χ0) is 22.6. The molecule has 0 saturated carbocycles. The smallest absolute Gasteiger partial charge is 0.406 e. The van der Waals surface area contributed by atoms with Crippen molar-refractivity contribution in [2.24, 2.45) is 5.92 Å². The van der Waals surface area contributed by atoms with E-state index in [9.17, 15) is 26.4 Å². The van der Waals surface area contributed by atoms with Crippen LogP contribution >= 0.6 is 0 Å². The molecule has 0 radical (unpaired) electrons. The molecule has 1 N–H and O–H groups in total. The van der Waals surface area contributed by atoms with Gasteiger partial charge in [-0.05, 0) is 43.5 Å². The second-order valence-electron chi connectivity index (χ2n) is 7.22. The van der Waals surface area contributed by atoms with Gasteiger partial charge < -0.3 is 10.1 Å². The number of halogens is 3. The van der Waals surface area contributed by atoms with E-state index >= 15 is 0 Å². The van der Waals surface area contributed by atoms with Gasteiger partial charge in [0.25, 0.3) is 0 Å². The number of carbonyl (C=O) groups excluding carboxylic acids is 1. The Labute approximate surface area is 178 Å². The van der Waals surface area contributed by atoms with E-state index in [1.807, 2.05) is 13.0 Å². The Morgan fingerprint density at radius 3 is 2.55 bits per heavy atom. The van der Waals surface area contributed by atoms with Crippen molar-refractivity contribution in [2.75, 3.05) is 13.1 Å². The number of hydrogen-bond acceptors (Lipinski definition) is 5. The fraction of sp³-hybridized carbons (Fsp3) is 0.400. The van der Waals surface area contributed by atoms with Crippen LogP contribution in [0.5, 0.6) is 5.75 Å². The lowest BCUT2D eigenvalue weighted by molar-refractivity contribution is -0.274. The number of nitrogens with one attached hydrogen (secondary N) is 1. The summed E-state index contributed by atoms with van der Waals surface area (Å²) in [4.78, 5) is 16.3. The number of nitrogens with zero attached hydrogens (tertiary/aromatic N) is 2. The molecule has 0 bridgehead atoms. The predicted molar refractivity (Wildman–Crippen MR) is 105 cm³/mol. The van der Waals surface area contributed by atoms with Crippen molar-refractivity contribution in [3.8, 4) is 5.75 Å². The van der Waals surface area contributed by atoms with Gasteiger partial charge in [0, 0.05) is 37.5 Å². The van der Waals surface area contributed by atoms with Crippen molar-refractivity contribution >= 4 is 15.9 Å². The number of amides is 1. The van der Waals surface area contributed by atoms with Crippen LogP contribution in [0.1, 0.15) is 31.4 Å². The maximum Gasteiger partial charge on any atom is 0.573 e. The number of rotatable bonds is 6. The van der Waals surface area contributed by atoms with E-state index in [2.05, 4.69) is 15.0 Å². The van der Waals surface area contributed by atoms with Crippen molar-refractivity contribution in [1.29, 1.82) is 0 Å². The molecule has 2 aromatic rings. The van der Waals surface area contributed by atoms with Gasteiger partial charge in [0.15, 0.2) is 0 Å². The number of benzene rings is 1. The number of pyridine rings is 1. The molecule has 1 atom stereocenters. The molecule has 2 heterocycles. The molecule has 31 heavy (non-hydrogen) atoms. The van der Waals surface area contributed by atoms with Crippen molar-refractivity contribution in [1.82, 2.24) is 14.6 Å². The SMILES string of the molecule is C[C@H](NC(=O)C1CCN(S(=O)(=O)c2cccc(OC(F)(F)F)c2)CC1)c1cccnc1. The third-order valence-corrected chi connectivity index (χ3v) is 6.94. The second-order valence-corrected chi connectivity index (χ2v) is 9.16. The molecular weight excluding hydrogens is 435 g/mol. The van der Waals surface area contributed by atoms with Gasteiger partial charge in [-0.15, -0.1) is 13.2 Å². The highest BCUT2D eigenvalue weighted by molar-refractivity contribution is 7.89. The van der Waals surface area contributed by atoms with Crippen LogP contribution in [0.25, 0.3) is 0 Å². The summed E-state index contributed by atoms with van der Waals surface area (Å²) in [6.45, 7) is 2.02. The molecule has 0 spiro atoms. The lowest BCUT2D eigenvalue weighted by Gasteiger charge is -2.31. The molecule has 1 aromatic heterocycles. The fourth-order valence-corrected chi connectivity index (χ4v) is 4.89. The zero-order valence-corrected chi connectivity index (χ0v) is 17.5. The first kappa shape index (κ1) is 23.0. The Morgan fingerprint density at radius 2 is 1.94 bits per heavy atom. The van der Waals surface area contributed by atoms with Crippen molar-refractivity contribution < 1.29 is 31.1 Å². The number of hydrogen-bond donors (Lipinski definition) is 1. The Hall–Kier alpha value is -2.66. The molecule has 3 rings (SSSR count). The van der Waals surface area contributed by atoms with Gasteiger partial charge >= 0.3 is 6.36 Å².